The van der Waals surface area contributed by atoms with E-state index in [2.05, 4.69) is 4.84 Å². The van der Waals surface area contributed by atoms with Crippen molar-refractivity contribution in [2.75, 3.05) is 6.61 Å². The van der Waals surface area contributed by atoms with Crippen LogP contribution in [-0.2, 0) is 15.0 Å². The zero-order valence-corrected chi connectivity index (χ0v) is 23.2. The molecule has 0 saturated heterocycles. The highest BCUT2D eigenvalue weighted by molar-refractivity contribution is 5.76. The molecule has 3 rings (SSSR count). The lowest BCUT2D eigenvalue weighted by atomic mass is 9.72. The molecule has 0 amide bonds. The van der Waals surface area contributed by atoms with E-state index in [1.165, 1.54) is 0 Å². The number of esters is 1. The summed E-state index contributed by atoms with van der Waals surface area (Å²) in [7, 11) is 0. The van der Waals surface area contributed by atoms with Gasteiger partial charge in [0.25, 0.3) is 5.09 Å². The van der Waals surface area contributed by atoms with Gasteiger partial charge in [0.15, 0.2) is 0 Å². The van der Waals surface area contributed by atoms with Crippen LogP contribution in [0.2, 0.25) is 0 Å². The molecule has 0 N–H and O–H groups in total. The summed E-state index contributed by atoms with van der Waals surface area (Å²) < 4.78 is 41.9. The number of carbonyl (C=O) groups is 1. The third kappa shape index (κ3) is 7.03. The Balaban J connectivity index is 2.00. The summed E-state index contributed by atoms with van der Waals surface area (Å²) in [6, 6.07) is 3.48. The van der Waals surface area contributed by atoms with Crippen LogP contribution in [-0.4, -0.2) is 23.8 Å². The van der Waals surface area contributed by atoms with Crippen LogP contribution in [0.1, 0.15) is 109 Å². The second kappa shape index (κ2) is 12.4. The number of fused-ring (bicyclic) bond motifs is 3. The zero-order chi connectivity index (χ0) is 28.1. The molecule has 212 valence electrons. The maximum atomic E-state index is 15.2. The topological polar surface area (TPSA) is 87.9 Å². The zero-order valence-electron chi connectivity index (χ0n) is 23.2. The lowest BCUT2D eigenvalue weighted by Crippen LogP contribution is -2.43. The molecule has 9 heteroatoms. The van der Waals surface area contributed by atoms with Crippen molar-refractivity contribution in [3.63, 3.8) is 0 Å². The molecule has 7 nitrogen and oxygen atoms in total. The highest BCUT2D eigenvalue weighted by atomic mass is 19.3. The number of alkyl halides is 2. The van der Waals surface area contributed by atoms with Gasteiger partial charge in [-0.2, -0.15) is 8.78 Å². The molecule has 2 atom stereocenters. The first-order valence-corrected chi connectivity index (χ1v) is 13.8. The first-order valence-electron chi connectivity index (χ1n) is 13.8. The second-order valence-corrected chi connectivity index (χ2v) is 11.3. The van der Waals surface area contributed by atoms with Crippen LogP contribution >= 0.6 is 0 Å². The summed E-state index contributed by atoms with van der Waals surface area (Å²) in [4.78, 5) is 28.1. The molecule has 1 aliphatic heterocycles. The van der Waals surface area contributed by atoms with E-state index in [9.17, 15) is 14.9 Å². The van der Waals surface area contributed by atoms with Gasteiger partial charge in [0.2, 0.25) is 0 Å². The van der Waals surface area contributed by atoms with Gasteiger partial charge in [-0.3, -0.25) is 4.79 Å². The Labute approximate surface area is 224 Å². The Morgan fingerprint density at radius 1 is 1.24 bits per heavy atom. The minimum absolute atomic E-state index is 0.00233. The summed E-state index contributed by atoms with van der Waals surface area (Å²) in [5.41, 5.74) is 1.81. The fourth-order valence-electron chi connectivity index (χ4n) is 5.71. The van der Waals surface area contributed by atoms with E-state index < -0.39 is 28.4 Å². The van der Waals surface area contributed by atoms with E-state index >= 15 is 8.78 Å². The number of hydrogen-bond donors (Lipinski definition) is 0. The number of nitrogens with zero attached hydrogens (tertiary/aromatic N) is 1. The smallest absolute Gasteiger partial charge is 0.401 e. The quantitative estimate of drug-likeness (QED) is 0.0635. The maximum Gasteiger partial charge on any atom is 0.401 e. The third-order valence-electron chi connectivity index (χ3n) is 7.89. The van der Waals surface area contributed by atoms with Gasteiger partial charge < -0.3 is 14.3 Å². The van der Waals surface area contributed by atoms with Crippen LogP contribution in [0.15, 0.2) is 23.8 Å². The predicted octanol–water partition coefficient (Wildman–Crippen LogP) is 7.89. The highest BCUT2D eigenvalue weighted by Crippen LogP contribution is 2.56. The van der Waals surface area contributed by atoms with Crippen LogP contribution in [0.25, 0.3) is 0 Å². The monoisotopic (exact) mass is 537 g/mol. The van der Waals surface area contributed by atoms with Gasteiger partial charge in [-0.25, -0.2) is 0 Å². The van der Waals surface area contributed by atoms with E-state index in [0.29, 0.717) is 55.4 Å². The Hall–Kier alpha value is -2.71. The van der Waals surface area contributed by atoms with Crippen molar-refractivity contribution < 1.29 is 33.0 Å². The number of halogens is 2. The Bertz CT molecular complexity index is 1030. The molecule has 1 heterocycles. The Morgan fingerprint density at radius 3 is 2.55 bits per heavy atom. The normalized spacial score (nSPS) is 20.2. The molecule has 0 fully saturated rings. The largest absolute Gasteiger partial charge is 0.432 e. The molecule has 1 aromatic rings. The van der Waals surface area contributed by atoms with Crippen LogP contribution in [0.5, 0.6) is 11.5 Å². The first-order chi connectivity index (χ1) is 17.9. The minimum Gasteiger partial charge on any atom is -0.432 e. The first kappa shape index (κ1) is 29.8. The van der Waals surface area contributed by atoms with Crippen molar-refractivity contribution >= 4 is 5.97 Å². The fraction of sp³-hybridized carbons (Fsp3) is 0.690. The van der Waals surface area contributed by atoms with Crippen molar-refractivity contribution in [2.24, 2.45) is 11.8 Å². The molecule has 1 unspecified atom stereocenters. The molecule has 38 heavy (non-hydrogen) atoms. The summed E-state index contributed by atoms with van der Waals surface area (Å²) in [6.07, 6.45) is 3.98. The van der Waals surface area contributed by atoms with Gasteiger partial charge in [-0.15, -0.1) is 10.1 Å². The van der Waals surface area contributed by atoms with E-state index in [-0.39, 0.29) is 30.7 Å². The molecule has 0 saturated carbocycles. The van der Waals surface area contributed by atoms with Crippen LogP contribution in [0, 0.1) is 22.0 Å². The number of benzene rings is 1. The van der Waals surface area contributed by atoms with E-state index in [4.69, 9.17) is 9.47 Å². The molecular weight excluding hydrogens is 496 g/mol. The fourth-order valence-corrected chi connectivity index (χ4v) is 5.71. The van der Waals surface area contributed by atoms with Gasteiger partial charge in [-0.05, 0) is 68.6 Å². The van der Waals surface area contributed by atoms with Crippen molar-refractivity contribution in [3.8, 4) is 11.5 Å². The molecule has 1 aliphatic carbocycles. The van der Waals surface area contributed by atoms with Gasteiger partial charge in [-0.1, -0.05) is 58.6 Å². The molecular formula is C29H41F2NO6. The summed E-state index contributed by atoms with van der Waals surface area (Å²) in [6.45, 7) is 9.93. The van der Waals surface area contributed by atoms with Crippen molar-refractivity contribution in [2.45, 2.75) is 110 Å². The summed E-state index contributed by atoms with van der Waals surface area (Å²) in [5, 5.41) is 9.60. The van der Waals surface area contributed by atoms with Gasteiger partial charge in [0.1, 0.15) is 11.5 Å². The van der Waals surface area contributed by atoms with Crippen LogP contribution in [0.3, 0.4) is 0 Å². The van der Waals surface area contributed by atoms with E-state index in [1.54, 1.807) is 6.07 Å². The molecule has 0 spiro atoms. The Morgan fingerprint density at radius 2 is 1.92 bits per heavy atom. The average molecular weight is 538 g/mol. The second-order valence-electron chi connectivity index (χ2n) is 11.3. The van der Waals surface area contributed by atoms with Crippen LogP contribution in [0.4, 0.5) is 8.78 Å². The number of ether oxygens (including phenoxy) is 2. The number of rotatable bonds is 13. The highest BCUT2D eigenvalue weighted by Gasteiger charge is 2.53. The van der Waals surface area contributed by atoms with Crippen molar-refractivity contribution in [1.82, 2.24) is 0 Å². The predicted molar refractivity (Wildman–Crippen MR) is 140 cm³/mol. The van der Waals surface area contributed by atoms with E-state index in [1.807, 2.05) is 46.8 Å². The van der Waals surface area contributed by atoms with Crippen molar-refractivity contribution in [3.05, 3.63) is 45.0 Å². The molecule has 1 aromatic carbocycles. The molecule has 0 bridgehead atoms. The molecule has 0 radical (unpaired) electrons. The number of hydrogen-bond acceptors (Lipinski definition) is 6. The maximum absolute atomic E-state index is 15.2. The number of allylic oxidation sites excluding steroid dienone is 2. The lowest BCUT2D eigenvalue weighted by Gasteiger charge is -2.42. The third-order valence-corrected chi connectivity index (χ3v) is 7.89. The van der Waals surface area contributed by atoms with Gasteiger partial charge in [0.05, 0.1) is 18.4 Å². The van der Waals surface area contributed by atoms with E-state index in [0.717, 1.165) is 18.4 Å². The SMILES string of the molecule is CCCC(CCC)C(=O)Oc1cc(C(C)(C)CCCCO[N+](=O)[O-])cc2c1[C@@H]1CC(C)=CCC1C(F)(F)O2. The lowest BCUT2D eigenvalue weighted by molar-refractivity contribution is -0.757. The van der Waals surface area contributed by atoms with Crippen molar-refractivity contribution in [1.29, 1.82) is 0 Å². The number of carbonyl (C=O) groups excluding carboxylic acids is 1. The minimum atomic E-state index is -3.34. The number of unbranched alkanes of at least 4 members (excludes halogenated alkanes) is 1. The van der Waals surface area contributed by atoms with Crippen LogP contribution < -0.4 is 9.47 Å². The molecule has 2 aliphatic rings. The van der Waals surface area contributed by atoms with Gasteiger partial charge >= 0.3 is 12.1 Å². The Kier molecular flexibility index (Phi) is 9.76. The summed E-state index contributed by atoms with van der Waals surface area (Å²) in [5.74, 6) is -1.76. The molecule has 0 aromatic heterocycles. The standard InChI is InChI=1S/C29H41F2NO6/c1-6-10-20(11-7-2)27(33)37-24-17-21(28(4,5)14-8-9-15-36-32(34)35)18-25-26(24)22-16-19(3)12-13-23(22)29(30,31)38-25/h12,17-18,20,22-23H,6-11,13-16H2,1-5H3/t22-,23?/m1/s1. The van der Waals surface area contributed by atoms with Gasteiger partial charge in [0, 0.05) is 11.5 Å². The summed E-state index contributed by atoms with van der Waals surface area (Å²) >= 11 is 0. The average Bonchev–Trinajstić information content (AvgIpc) is 2.82.